The van der Waals surface area contributed by atoms with Crippen LogP contribution in [0.3, 0.4) is 0 Å². The fourth-order valence-corrected chi connectivity index (χ4v) is 2.87. The Balaban J connectivity index is 1.88. The van der Waals surface area contributed by atoms with Crippen LogP contribution in [0.15, 0.2) is 29.3 Å². The molecule has 0 saturated carbocycles. The number of unbranched alkanes of at least 4 members (excludes halogenated alkanes) is 1. The summed E-state index contributed by atoms with van der Waals surface area (Å²) in [6.45, 7) is 1.07. The molecule has 0 saturated heterocycles. The second-order valence-electron chi connectivity index (χ2n) is 5.74. The maximum absolute atomic E-state index is 12.6. The van der Waals surface area contributed by atoms with Crippen LogP contribution in [0, 0.1) is 0 Å². The van der Waals surface area contributed by atoms with E-state index >= 15 is 0 Å². The summed E-state index contributed by atoms with van der Waals surface area (Å²) in [5.74, 6) is -0.0745. The van der Waals surface area contributed by atoms with E-state index < -0.39 is 5.54 Å². The standard InChI is InChI=1S/C16H23N5O2/c17-15(18)20-8-4-3-7-19-14(23)16(21-11-22)9-12-5-1-2-6-13(12)10-16/h1-2,5-6,11H,3-4,7-10H2,(H,19,23)(H,21,22)(H4,17,18,20). The summed E-state index contributed by atoms with van der Waals surface area (Å²) >= 11 is 0. The molecular weight excluding hydrogens is 294 g/mol. The van der Waals surface area contributed by atoms with E-state index in [-0.39, 0.29) is 11.9 Å². The molecule has 2 amide bonds. The predicted octanol–water partition coefficient (Wildman–Crippen LogP) is -0.560. The van der Waals surface area contributed by atoms with E-state index in [4.69, 9.17) is 11.5 Å². The van der Waals surface area contributed by atoms with Gasteiger partial charge in [0.2, 0.25) is 12.3 Å². The maximum atomic E-state index is 12.6. The third-order valence-electron chi connectivity index (χ3n) is 4.04. The molecular formula is C16H23N5O2. The summed E-state index contributed by atoms with van der Waals surface area (Å²) < 4.78 is 0. The number of benzene rings is 1. The second-order valence-corrected chi connectivity index (χ2v) is 5.74. The Hall–Kier alpha value is -2.57. The fourth-order valence-electron chi connectivity index (χ4n) is 2.87. The lowest BCUT2D eigenvalue weighted by atomic mass is 9.94. The zero-order valence-electron chi connectivity index (χ0n) is 13.0. The van der Waals surface area contributed by atoms with Gasteiger partial charge in [-0.3, -0.25) is 14.6 Å². The molecule has 1 aromatic rings. The summed E-state index contributed by atoms with van der Waals surface area (Å²) in [6, 6.07) is 7.87. The van der Waals surface area contributed by atoms with Gasteiger partial charge in [0.05, 0.1) is 0 Å². The van der Waals surface area contributed by atoms with Crippen LogP contribution in [0.5, 0.6) is 0 Å². The number of aliphatic imine (C=N–C) groups is 1. The van der Waals surface area contributed by atoms with E-state index in [1.165, 1.54) is 0 Å². The third kappa shape index (κ3) is 4.21. The second kappa shape index (κ2) is 7.62. The molecule has 7 heteroatoms. The number of nitrogens with zero attached hydrogens (tertiary/aromatic N) is 1. The molecule has 1 aliphatic rings. The van der Waals surface area contributed by atoms with Crippen LogP contribution in [-0.4, -0.2) is 36.9 Å². The number of carbonyl (C=O) groups excluding carboxylic acids is 2. The fraction of sp³-hybridized carbons (Fsp3) is 0.438. The summed E-state index contributed by atoms with van der Waals surface area (Å²) in [7, 11) is 0. The van der Waals surface area contributed by atoms with E-state index in [9.17, 15) is 9.59 Å². The number of hydrogen-bond donors (Lipinski definition) is 4. The Morgan fingerprint density at radius 1 is 1.22 bits per heavy atom. The normalized spacial score (nSPS) is 14.6. The highest BCUT2D eigenvalue weighted by Crippen LogP contribution is 2.30. The van der Waals surface area contributed by atoms with Crippen LogP contribution >= 0.6 is 0 Å². The first kappa shape index (κ1) is 16.8. The van der Waals surface area contributed by atoms with Gasteiger partial charge in [0.15, 0.2) is 5.96 Å². The lowest BCUT2D eigenvalue weighted by molar-refractivity contribution is -0.129. The monoisotopic (exact) mass is 317 g/mol. The van der Waals surface area contributed by atoms with Gasteiger partial charge >= 0.3 is 0 Å². The molecule has 0 aromatic heterocycles. The van der Waals surface area contributed by atoms with Crippen molar-refractivity contribution in [3.63, 3.8) is 0 Å². The largest absolute Gasteiger partial charge is 0.370 e. The van der Waals surface area contributed by atoms with Crippen LogP contribution in [-0.2, 0) is 22.4 Å². The first-order valence-electron chi connectivity index (χ1n) is 7.69. The average molecular weight is 317 g/mol. The van der Waals surface area contributed by atoms with Gasteiger partial charge in [0.25, 0.3) is 0 Å². The molecule has 1 aromatic carbocycles. The van der Waals surface area contributed by atoms with Crippen molar-refractivity contribution >= 4 is 18.3 Å². The molecule has 0 fully saturated rings. The minimum Gasteiger partial charge on any atom is -0.370 e. The molecule has 0 spiro atoms. The number of amides is 2. The lowest BCUT2D eigenvalue weighted by Gasteiger charge is -2.27. The Morgan fingerprint density at radius 3 is 2.43 bits per heavy atom. The molecule has 0 heterocycles. The van der Waals surface area contributed by atoms with Gasteiger partial charge in [-0.15, -0.1) is 0 Å². The molecule has 0 unspecified atom stereocenters. The van der Waals surface area contributed by atoms with E-state index in [0.29, 0.717) is 32.3 Å². The van der Waals surface area contributed by atoms with Crippen molar-refractivity contribution in [2.45, 2.75) is 31.2 Å². The van der Waals surface area contributed by atoms with Gasteiger partial charge in [0.1, 0.15) is 5.54 Å². The van der Waals surface area contributed by atoms with Gasteiger partial charge in [-0.05, 0) is 24.0 Å². The number of rotatable bonds is 8. The van der Waals surface area contributed by atoms with Gasteiger partial charge in [-0.25, -0.2) is 0 Å². The highest BCUT2D eigenvalue weighted by atomic mass is 16.2. The number of nitrogens with one attached hydrogen (secondary N) is 2. The lowest BCUT2D eigenvalue weighted by Crippen LogP contribution is -2.57. The molecule has 0 bridgehead atoms. The third-order valence-corrected chi connectivity index (χ3v) is 4.04. The predicted molar refractivity (Wildman–Crippen MR) is 88.7 cm³/mol. The van der Waals surface area contributed by atoms with Crippen LogP contribution in [0.1, 0.15) is 24.0 Å². The van der Waals surface area contributed by atoms with Crippen LogP contribution in [0.2, 0.25) is 0 Å². The van der Waals surface area contributed by atoms with Crippen molar-refractivity contribution in [1.82, 2.24) is 10.6 Å². The van der Waals surface area contributed by atoms with Crippen LogP contribution < -0.4 is 22.1 Å². The quantitative estimate of drug-likeness (QED) is 0.222. The van der Waals surface area contributed by atoms with Gasteiger partial charge in [-0.1, -0.05) is 24.3 Å². The molecule has 23 heavy (non-hydrogen) atoms. The summed E-state index contributed by atoms with van der Waals surface area (Å²) in [4.78, 5) is 27.4. The minimum absolute atomic E-state index is 0.0758. The topological polar surface area (TPSA) is 123 Å². The molecule has 0 aliphatic heterocycles. The molecule has 6 N–H and O–H groups in total. The average Bonchev–Trinajstić information content (AvgIpc) is 2.90. The number of carbonyl (C=O) groups is 2. The van der Waals surface area contributed by atoms with Crippen molar-refractivity contribution in [3.8, 4) is 0 Å². The molecule has 7 nitrogen and oxygen atoms in total. The first-order valence-corrected chi connectivity index (χ1v) is 7.69. The van der Waals surface area contributed by atoms with Crippen molar-refractivity contribution in [3.05, 3.63) is 35.4 Å². The Bertz CT molecular complexity index is 571. The SMILES string of the molecule is NC(N)=NCCCCNC(=O)C1(NC=O)Cc2ccccc2C1. The van der Waals surface area contributed by atoms with Gasteiger partial charge in [0, 0.05) is 25.9 Å². The summed E-state index contributed by atoms with van der Waals surface area (Å²) in [6.07, 6.45) is 3.19. The molecule has 0 atom stereocenters. The van der Waals surface area contributed by atoms with E-state index in [0.717, 1.165) is 24.0 Å². The van der Waals surface area contributed by atoms with Crippen molar-refractivity contribution in [1.29, 1.82) is 0 Å². The summed E-state index contributed by atoms with van der Waals surface area (Å²) in [5, 5.41) is 5.63. The van der Waals surface area contributed by atoms with E-state index in [1.807, 2.05) is 24.3 Å². The first-order chi connectivity index (χ1) is 11.1. The number of fused-ring (bicyclic) bond motifs is 1. The summed E-state index contributed by atoms with van der Waals surface area (Å²) in [5.41, 5.74) is 11.8. The Labute approximate surface area is 135 Å². The Morgan fingerprint density at radius 2 is 1.87 bits per heavy atom. The number of nitrogens with two attached hydrogens (primary N) is 2. The smallest absolute Gasteiger partial charge is 0.246 e. The van der Waals surface area contributed by atoms with Crippen LogP contribution in [0.25, 0.3) is 0 Å². The van der Waals surface area contributed by atoms with Gasteiger partial charge < -0.3 is 22.1 Å². The molecule has 124 valence electrons. The van der Waals surface area contributed by atoms with E-state index in [1.54, 1.807) is 0 Å². The highest BCUT2D eigenvalue weighted by Gasteiger charge is 2.43. The molecule has 2 rings (SSSR count). The van der Waals surface area contributed by atoms with Crippen molar-refractivity contribution in [2.75, 3.05) is 13.1 Å². The number of guanidine groups is 1. The molecule has 0 radical (unpaired) electrons. The molecule has 1 aliphatic carbocycles. The van der Waals surface area contributed by atoms with Crippen molar-refractivity contribution < 1.29 is 9.59 Å². The maximum Gasteiger partial charge on any atom is 0.246 e. The zero-order chi connectivity index (χ0) is 16.7. The minimum atomic E-state index is -0.884. The Kier molecular flexibility index (Phi) is 5.56. The van der Waals surface area contributed by atoms with Crippen molar-refractivity contribution in [2.24, 2.45) is 16.5 Å². The van der Waals surface area contributed by atoms with E-state index in [2.05, 4.69) is 15.6 Å². The van der Waals surface area contributed by atoms with Crippen LogP contribution in [0.4, 0.5) is 0 Å². The zero-order valence-corrected chi connectivity index (χ0v) is 13.0. The van der Waals surface area contributed by atoms with Gasteiger partial charge in [-0.2, -0.15) is 0 Å². The highest BCUT2D eigenvalue weighted by molar-refractivity contribution is 5.90. The number of hydrogen-bond acceptors (Lipinski definition) is 3.